The Hall–Kier alpha value is -4.61. The highest BCUT2D eigenvalue weighted by Crippen LogP contribution is 2.51. The number of non-ortho nitro benzene ring substituents is 1. The van der Waals surface area contributed by atoms with Crippen LogP contribution in [0.3, 0.4) is 0 Å². The minimum atomic E-state index is -0.689. The number of nitro benzene ring substituents is 1. The van der Waals surface area contributed by atoms with Crippen molar-refractivity contribution in [3.05, 3.63) is 120 Å². The van der Waals surface area contributed by atoms with Crippen LogP contribution in [0, 0.1) is 54.6 Å². The van der Waals surface area contributed by atoms with Crippen molar-refractivity contribution in [1.29, 1.82) is 5.26 Å². The number of nitrogens with two attached hydrogens (primary N) is 1. The first-order valence-electron chi connectivity index (χ1n) is 14.4. The molecule has 1 heterocycles. The van der Waals surface area contributed by atoms with E-state index in [-0.39, 0.29) is 34.9 Å². The maximum Gasteiger partial charge on any atom is 0.271 e. The van der Waals surface area contributed by atoms with Gasteiger partial charge in [0.25, 0.3) is 5.69 Å². The van der Waals surface area contributed by atoms with E-state index in [0.29, 0.717) is 40.6 Å². The van der Waals surface area contributed by atoms with E-state index in [1.807, 2.05) is 65.8 Å². The molecule has 0 radical (unpaired) electrons. The molecule has 1 atom stereocenters. The SMILES string of the molecule is Cc1cc(C)c(C2C(C#N)=C(N)N(c3cc([N+](=O)[O-])ccc3C)C3=C2C(=O)CC(C)(C)C3)cc1COc1ccc(Cl)cc1C. The van der Waals surface area contributed by atoms with Crippen LogP contribution in [-0.2, 0) is 11.4 Å². The number of carbonyl (C=O) groups excluding carboxylic acids is 1. The summed E-state index contributed by atoms with van der Waals surface area (Å²) >= 11 is 6.13. The van der Waals surface area contributed by atoms with Gasteiger partial charge in [0.05, 0.1) is 28.2 Å². The number of benzene rings is 3. The normalized spacial score (nSPS) is 17.8. The van der Waals surface area contributed by atoms with Gasteiger partial charge in [-0.05, 0) is 91.1 Å². The Morgan fingerprint density at radius 3 is 2.43 bits per heavy atom. The molecule has 8 nitrogen and oxygen atoms in total. The first-order valence-corrected chi connectivity index (χ1v) is 14.8. The molecule has 3 aromatic rings. The second-order valence-corrected chi connectivity index (χ2v) is 13.0. The average molecular weight is 611 g/mol. The lowest BCUT2D eigenvalue weighted by Gasteiger charge is -2.44. The number of halogens is 1. The number of nitro groups is 1. The fourth-order valence-corrected chi connectivity index (χ4v) is 6.59. The van der Waals surface area contributed by atoms with E-state index < -0.39 is 10.8 Å². The number of nitrogens with zero attached hydrogens (tertiary/aromatic N) is 3. The van der Waals surface area contributed by atoms with Crippen molar-refractivity contribution >= 4 is 28.8 Å². The summed E-state index contributed by atoms with van der Waals surface area (Å²) in [6.07, 6.45) is 0.808. The van der Waals surface area contributed by atoms with Crippen LogP contribution in [0.2, 0.25) is 5.02 Å². The van der Waals surface area contributed by atoms with Gasteiger partial charge >= 0.3 is 0 Å². The molecule has 44 heavy (non-hydrogen) atoms. The number of ketones is 1. The standard InChI is InChI=1S/C35H35ClN4O4/c1-19-7-9-25(40(42)43)14-28(19)39-29-15-35(5,6)16-30(41)33(29)32(27(17-37)34(39)38)26-13-23(20(2)11-21(26)3)18-44-31-10-8-24(36)12-22(31)4/h7-14,32H,15-16,18,38H2,1-6H3. The van der Waals surface area contributed by atoms with Crippen LogP contribution in [0.5, 0.6) is 5.75 Å². The summed E-state index contributed by atoms with van der Waals surface area (Å²) < 4.78 is 6.19. The fourth-order valence-electron chi connectivity index (χ4n) is 6.36. The number of ether oxygens (including phenoxy) is 1. The molecule has 9 heteroatoms. The van der Waals surface area contributed by atoms with Gasteiger partial charge in [0.2, 0.25) is 0 Å². The molecular weight excluding hydrogens is 576 g/mol. The van der Waals surface area contributed by atoms with E-state index in [0.717, 1.165) is 33.4 Å². The molecule has 226 valence electrons. The van der Waals surface area contributed by atoms with Gasteiger partial charge in [0.1, 0.15) is 18.2 Å². The van der Waals surface area contributed by atoms with E-state index >= 15 is 0 Å². The summed E-state index contributed by atoms with van der Waals surface area (Å²) in [7, 11) is 0. The Morgan fingerprint density at radius 1 is 1.05 bits per heavy atom. The van der Waals surface area contributed by atoms with E-state index in [1.165, 1.54) is 12.1 Å². The van der Waals surface area contributed by atoms with Crippen LogP contribution in [0.25, 0.3) is 0 Å². The van der Waals surface area contributed by atoms with E-state index in [4.69, 9.17) is 22.1 Å². The van der Waals surface area contributed by atoms with Crippen molar-refractivity contribution in [2.45, 2.75) is 66.9 Å². The zero-order valence-electron chi connectivity index (χ0n) is 25.7. The first kappa shape index (κ1) is 30.8. The molecule has 0 bridgehead atoms. The smallest absolute Gasteiger partial charge is 0.271 e. The second-order valence-electron chi connectivity index (χ2n) is 12.5. The molecule has 2 aliphatic rings. The zero-order valence-corrected chi connectivity index (χ0v) is 26.5. The monoisotopic (exact) mass is 610 g/mol. The van der Waals surface area contributed by atoms with Gasteiger partial charge in [-0.1, -0.05) is 43.6 Å². The Labute approximate surface area is 262 Å². The number of Topliss-reactive ketones (excluding diaryl/α,β-unsaturated/α-hetero) is 1. The molecule has 0 saturated heterocycles. The number of nitriles is 1. The van der Waals surface area contributed by atoms with Crippen LogP contribution in [0.4, 0.5) is 11.4 Å². The summed E-state index contributed by atoms with van der Waals surface area (Å²) in [4.78, 5) is 27.0. The van der Waals surface area contributed by atoms with Crippen molar-refractivity contribution in [2.75, 3.05) is 4.90 Å². The van der Waals surface area contributed by atoms with E-state index in [1.54, 1.807) is 17.0 Å². The topological polar surface area (TPSA) is 122 Å². The maximum absolute atomic E-state index is 14.1. The molecule has 0 fully saturated rings. The lowest BCUT2D eigenvalue weighted by molar-refractivity contribution is -0.384. The minimum Gasteiger partial charge on any atom is -0.489 e. The quantitative estimate of drug-likeness (QED) is 0.221. The third kappa shape index (κ3) is 5.56. The van der Waals surface area contributed by atoms with Gasteiger partial charge in [-0.15, -0.1) is 0 Å². The molecule has 1 aliphatic carbocycles. The highest BCUT2D eigenvalue weighted by Gasteiger charge is 2.45. The van der Waals surface area contributed by atoms with E-state index in [9.17, 15) is 20.2 Å². The molecule has 2 N–H and O–H groups in total. The van der Waals surface area contributed by atoms with Crippen LogP contribution < -0.4 is 15.4 Å². The predicted octanol–water partition coefficient (Wildman–Crippen LogP) is 8.00. The molecule has 1 unspecified atom stereocenters. The van der Waals surface area contributed by atoms with Gasteiger partial charge in [-0.2, -0.15) is 5.26 Å². The maximum atomic E-state index is 14.1. The summed E-state index contributed by atoms with van der Waals surface area (Å²) in [5.74, 6) is 0.127. The van der Waals surface area contributed by atoms with Crippen molar-refractivity contribution in [3.8, 4) is 11.8 Å². The van der Waals surface area contributed by atoms with Crippen molar-refractivity contribution in [3.63, 3.8) is 0 Å². The number of hydrogen-bond acceptors (Lipinski definition) is 7. The van der Waals surface area contributed by atoms with Crippen molar-refractivity contribution in [2.24, 2.45) is 11.1 Å². The minimum absolute atomic E-state index is 0.0656. The molecule has 5 rings (SSSR count). The van der Waals surface area contributed by atoms with Crippen LogP contribution >= 0.6 is 11.6 Å². The van der Waals surface area contributed by atoms with Crippen LogP contribution in [-0.4, -0.2) is 10.7 Å². The number of anilines is 1. The molecule has 0 spiro atoms. The summed E-state index contributed by atoms with van der Waals surface area (Å²) in [5, 5.41) is 22.9. The molecular formula is C35H35ClN4O4. The summed E-state index contributed by atoms with van der Waals surface area (Å²) in [6, 6.07) is 16.4. The third-order valence-corrected chi connectivity index (χ3v) is 8.82. The molecule has 0 amide bonds. The predicted molar refractivity (Wildman–Crippen MR) is 171 cm³/mol. The van der Waals surface area contributed by atoms with Gasteiger partial charge in [0.15, 0.2) is 5.78 Å². The Morgan fingerprint density at radius 2 is 1.77 bits per heavy atom. The number of aryl methyl sites for hydroxylation is 4. The van der Waals surface area contributed by atoms with Gasteiger partial charge < -0.3 is 10.5 Å². The van der Waals surface area contributed by atoms with Gasteiger partial charge in [-0.3, -0.25) is 19.8 Å². The van der Waals surface area contributed by atoms with Gasteiger partial charge in [-0.25, -0.2) is 0 Å². The zero-order chi connectivity index (χ0) is 32.1. The highest BCUT2D eigenvalue weighted by atomic mass is 35.5. The average Bonchev–Trinajstić information content (AvgIpc) is 2.93. The number of hydrogen-bond donors (Lipinski definition) is 1. The third-order valence-electron chi connectivity index (χ3n) is 8.58. The highest BCUT2D eigenvalue weighted by molar-refractivity contribution is 6.30. The Bertz CT molecular complexity index is 1830. The fraction of sp³-hybridized carbons (Fsp3) is 0.314. The van der Waals surface area contributed by atoms with Crippen molar-refractivity contribution < 1.29 is 14.5 Å². The van der Waals surface area contributed by atoms with Gasteiger partial charge in [0, 0.05) is 34.8 Å². The van der Waals surface area contributed by atoms with Crippen LogP contribution in [0.15, 0.2) is 71.2 Å². The molecule has 0 saturated carbocycles. The molecule has 1 aliphatic heterocycles. The Balaban J connectivity index is 1.69. The lowest BCUT2D eigenvalue weighted by atomic mass is 9.68. The first-order chi connectivity index (χ1) is 20.7. The van der Waals surface area contributed by atoms with Crippen molar-refractivity contribution in [1.82, 2.24) is 0 Å². The number of rotatable bonds is 6. The number of carbonyl (C=O) groups is 1. The number of allylic oxidation sites excluding steroid dienone is 3. The summed E-state index contributed by atoms with van der Waals surface area (Å²) in [6.45, 7) is 12.1. The lowest BCUT2D eigenvalue weighted by Crippen LogP contribution is -2.42. The Kier molecular flexibility index (Phi) is 8.04. The van der Waals surface area contributed by atoms with Crippen LogP contribution in [0.1, 0.15) is 66.0 Å². The molecule has 3 aromatic carbocycles. The summed E-state index contributed by atoms with van der Waals surface area (Å²) in [5.41, 5.74) is 13.6. The molecule has 0 aromatic heterocycles. The second kappa shape index (κ2) is 11.5. The van der Waals surface area contributed by atoms with E-state index in [2.05, 4.69) is 6.07 Å². The largest absolute Gasteiger partial charge is 0.489 e.